The summed E-state index contributed by atoms with van der Waals surface area (Å²) < 4.78 is 5.63. The fourth-order valence-corrected chi connectivity index (χ4v) is 2.38. The van der Waals surface area contributed by atoms with Gasteiger partial charge in [0.05, 0.1) is 13.0 Å². The van der Waals surface area contributed by atoms with Gasteiger partial charge in [-0.05, 0) is 43.0 Å². The van der Waals surface area contributed by atoms with Crippen LogP contribution in [0.4, 0.5) is 0 Å². The molecular weight excluding hydrogens is 264 g/mol. The highest BCUT2D eigenvalue weighted by atomic mass is 16.5. The Hall–Kier alpha value is -1.55. The third-order valence-electron chi connectivity index (χ3n) is 3.58. The number of hydrogen-bond donors (Lipinski definition) is 2. The molecule has 0 bridgehead atoms. The fraction of sp³-hybridized carbons (Fsp3) is 0.588. The van der Waals surface area contributed by atoms with E-state index in [1.54, 1.807) is 0 Å². The molecule has 0 saturated carbocycles. The van der Waals surface area contributed by atoms with E-state index in [2.05, 4.69) is 24.5 Å². The Morgan fingerprint density at radius 1 is 1.38 bits per heavy atom. The Kier molecular flexibility index (Phi) is 6.05. The lowest BCUT2D eigenvalue weighted by Gasteiger charge is -2.12. The van der Waals surface area contributed by atoms with Gasteiger partial charge in [0.1, 0.15) is 5.75 Å². The topological polar surface area (TPSA) is 50.4 Å². The van der Waals surface area contributed by atoms with Gasteiger partial charge in [-0.3, -0.25) is 4.79 Å². The molecule has 1 aromatic carbocycles. The number of hydrogen-bond acceptors (Lipinski definition) is 3. The minimum Gasteiger partial charge on any atom is -0.493 e. The number of carbonyl (C=O) groups is 1. The van der Waals surface area contributed by atoms with Crippen LogP contribution < -0.4 is 15.4 Å². The van der Waals surface area contributed by atoms with Crippen LogP contribution in [-0.2, 0) is 11.2 Å². The number of rotatable bonds is 7. The van der Waals surface area contributed by atoms with Crippen LogP contribution >= 0.6 is 0 Å². The van der Waals surface area contributed by atoms with Crippen LogP contribution in [0, 0.1) is 5.92 Å². The third kappa shape index (κ3) is 5.76. The summed E-state index contributed by atoms with van der Waals surface area (Å²) in [4.78, 5) is 11.9. The van der Waals surface area contributed by atoms with Crippen molar-refractivity contribution in [2.24, 2.45) is 5.92 Å². The van der Waals surface area contributed by atoms with Crippen molar-refractivity contribution in [2.75, 3.05) is 19.7 Å². The van der Waals surface area contributed by atoms with Crippen LogP contribution in [-0.4, -0.2) is 31.6 Å². The molecule has 1 heterocycles. The Morgan fingerprint density at radius 2 is 2.14 bits per heavy atom. The van der Waals surface area contributed by atoms with Crippen molar-refractivity contribution in [3.63, 3.8) is 0 Å². The van der Waals surface area contributed by atoms with E-state index < -0.39 is 0 Å². The normalized spacial score (nSPS) is 18.0. The summed E-state index contributed by atoms with van der Waals surface area (Å²) in [5, 5.41) is 6.37. The van der Waals surface area contributed by atoms with E-state index >= 15 is 0 Å². The molecule has 1 aliphatic heterocycles. The number of nitrogens with one attached hydrogen (secondary N) is 2. The van der Waals surface area contributed by atoms with Crippen molar-refractivity contribution in [1.29, 1.82) is 0 Å². The molecule has 0 aromatic heterocycles. The second-order valence-corrected chi connectivity index (χ2v) is 6.12. The minimum absolute atomic E-state index is 0.0829. The van der Waals surface area contributed by atoms with Crippen molar-refractivity contribution < 1.29 is 9.53 Å². The van der Waals surface area contributed by atoms with Crippen LogP contribution in [0.2, 0.25) is 0 Å². The van der Waals surface area contributed by atoms with Gasteiger partial charge >= 0.3 is 0 Å². The molecule has 2 N–H and O–H groups in total. The van der Waals surface area contributed by atoms with Gasteiger partial charge in [0, 0.05) is 12.6 Å². The molecule has 1 aliphatic rings. The Morgan fingerprint density at radius 3 is 2.76 bits per heavy atom. The van der Waals surface area contributed by atoms with Gasteiger partial charge in [0.25, 0.3) is 0 Å². The molecule has 1 fully saturated rings. The van der Waals surface area contributed by atoms with Gasteiger partial charge in [0.2, 0.25) is 5.91 Å². The molecule has 1 saturated heterocycles. The average Bonchev–Trinajstić information content (AvgIpc) is 2.98. The largest absolute Gasteiger partial charge is 0.493 e. The SMILES string of the molecule is CC(C)COc1ccc(CC(=O)NCC2CCCN2)cc1. The number of benzene rings is 1. The average molecular weight is 290 g/mol. The zero-order valence-corrected chi connectivity index (χ0v) is 13.0. The first-order chi connectivity index (χ1) is 10.1. The van der Waals surface area contributed by atoms with Gasteiger partial charge in [-0.2, -0.15) is 0 Å². The molecule has 2 rings (SSSR count). The van der Waals surface area contributed by atoms with E-state index in [9.17, 15) is 4.79 Å². The molecule has 116 valence electrons. The lowest BCUT2D eigenvalue weighted by molar-refractivity contribution is -0.120. The standard InChI is InChI=1S/C17H26N2O2/c1-13(2)12-21-16-7-5-14(6-8-16)10-17(20)19-11-15-4-3-9-18-15/h5-8,13,15,18H,3-4,9-12H2,1-2H3,(H,19,20). The zero-order valence-electron chi connectivity index (χ0n) is 13.0. The maximum Gasteiger partial charge on any atom is 0.224 e. The van der Waals surface area contributed by atoms with Crippen LogP contribution in [0.15, 0.2) is 24.3 Å². The van der Waals surface area contributed by atoms with E-state index in [0.29, 0.717) is 25.0 Å². The van der Waals surface area contributed by atoms with Crippen LogP contribution in [0.1, 0.15) is 32.3 Å². The minimum atomic E-state index is 0.0829. The van der Waals surface area contributed by atoms with E-state index in [4.69, 9.17) is 4.74 Å². The highest BCUT2D eigenvalue weighted by Crippen LogP contribution is 2.13. The summed E-state index contributed by atoms with van der Waals surface area (Å²) in [7, 11) is 0. The number of ether oxygens (including phenoxy) is 1. The molecule has 21 heavy (non-hydrogen) atoms. The highest BCUT2D eigenvalue weighted by Gasteiger charge is 2.14. The maximum absolute atomic E-state index is 11.9. The second-order valence-electron chi connectivity index (χ2n) is 6.12. The quantitative estimate of drug-likeness (QED) is 0.809. The van der Waals surface area contributed by atoms with Gasteiger partial charge in [-0.1, -0.05) is 26.0 Å². The van der Waals surface area contributed by atoms with Crippen molar-refractivity contribution in [3.05, 3.63) is 29.8 Å². The van der Waals surface area contributed by atoms with E-state index in [-0.39, 0.29) is 5.91 Å². The summed E-state index contributed by atoms with van der Waals surface area (Å²) in [6.07, 6.45) is 2.79. The van der Waals surface area contributed by atoms with Crippen molar-refractivity contribution in [2.45, 2.75) is 39.2 Å². The Bertz CT molecular complexity index is 437. The summed E-state index contributed by atoms with van der Waals surface area (Å²) in [6.45, 7) is 6.76. The first kappa shape index (κ1) is 15.8. The molecule has 1 aromatic rings. The first-order valence-corrected chi connectivity index (χ1v) is 7.85. The monoisotopic (exact) mass is 290 g/mol. The lowest BCUT2D eigenvalue weighted by atomic mass is 10.1. The van der Waals surface area contributed by atoms with Gasteiger partial charge in [-0.25, -0.2) is 0 Å². The molecular formula is C17H26N2O2. The first-order valence-electron chi connectivity index (χ1n) is 7.85. The van der Waals surface area contributed by atoms with Gasteiger partial charge in [0.15, 0.2) is 0 Å². The number of carbonyl (C=O) groups excluding carboxylic acids is 1. The molecule has 0 aliphatic carbocycles. The summed E-state index contributed by atoms with van der Waals surface area (Å²) in [5.74, 6) is 1.46. The Balaban J connectivity index is 1.72. The second kappa shape index (κ2) is 8.03. The molecule has 4 heteroatoms. The molecule has 4 nitrogen and oxygen atoms in total. The van der Waals surface area contributed by atoms with E-state index in [1.807, 2.05) is 24.3 Å². The predicted octanol–water partition coefficient (Wildman–Crippen LogP) is 2.13. The van der Waals surface area contributed by atoms with Crippen LogP contribution in [0.25, 0.3) is 0 Å². The molecule has 0 spiro atoms. The summed E-state index contributed by atoms with van der Waals surface area (Å²) in [5.41, 5.74) is 1.02. The summed E-state index contributed by atoms with van der Waals surface area (Å²) in [6, 6.07) is 8.24. The lowest BCUT2D eigenvalue weighted by Crippen LogP contribution is -2.37. The van der Waals surface area contributed by atoms with E-state index in [1.165, 1.54) is 6.42 Å². The van der Waals surface area contributed by atoms with Gasteiger partial charge in [-0.15, -0.1) is 0 Å². The van der Waals surface area contributed by atoms with Crippen molar-refractivity contribution in [1.82, 2.24) is 10.6 Å². The van der Waals surface area contributed by atoms with Gasteiger partial charge < -0.3 is 15.4 Å². The summed E-state index contributed by atoms with van der Waals surface area (Å²) >= 11 is 0. The van der Waals surface area contributed by atoms with Crippen molar-refractivity contribution >= 4 is 5.91 Å². The zero-order chi connectivity index (χ0) is 15.1. The van der Waals surface area contributed by atoms with E-state index in [0.717, 1.165) is 30.8 Å². The predicted molar refractivity (Wildman–Crippen MR) is 84.5 cm³/mol. The highest BCUT2D eigenvalue weighted by molar-refractivity contribution is 5.78. The number of amides is 1. The van der Waals surface area contributed by atoms with Crippen LogP contribution in [0.3, 0.4) is 0 Å². The molecule has 1 unspecified atom stereocenters. The Labute approximate surface area is 127 Å². The van der Waals surface area contributed by atoms with Crippen LogP contribution in [0.5, 0.6) is 5.75 Å². The van der Waals surface area contributed by atoms with Crippen molar-refractivity contribution in [3.8, 4) is 5.75 Å². The maximum atomic E-state index is 11.9. The fourth-order valence-electron chi connectivity index (χ4n) is 2.38. The molecule has 1 atom stereocenters. The molecule has 1 amide bonds. The smallest absolute Gasteiger partial charge is 0.224 e. The third-order valence-corrected chi connectivity index (χ3v) is 3.58. The molecule has 0 radical (unpaired) electrons.